The van der Waals surface area contributed by atoms with Crippen LogP contribution in [0.1, 0.15) is 12.0 Å². The van der Waals surface area contributed by atoms with E-state index in [1.807, 2.05) is 36.4 Å². The second kappa shape index (κ2) is 7.72. The van der Waals surface area contributed by atoms with Crippen molar-refractivity contribution in [3.05, 3.63) is 85.8 Å². The number of H-pyrrole nitrogens is 1. The zero-order valence-corrected chi connectivity index (χ0v) is 16.1. The first-order valence-electron chi connectivity index (χ1n) is 8.78. The number of hydrogen-bond acceptors (Lipinski definition) is 7. The molecule has 0 amide bonds. The zero-order chi connectivity index (χ0) is 20.4. The summed E-state index contributed by atoms with van der Waals surface area (Å²) in [5.41, 5.74) is 1.74. The molecule has 4 rings (SSSR count). The van der Waals surface area contributed by atoms with Crippen LogP contribution >= 0.6 is 12.2 Å². The van der Waals surface area contributed by atoms with Crippen LogP contribution in [-0.4, -0.2) is 14.7 Å². The van der Waals surface area contributed by atoms with Gasteiger partial charge in [0.2, 0.25) is 11.7 Å². The molecule has 1 aromatic carbocycles. The molecule has 0 radical (unpaired) electrons. The van der Waals surface area contributed by atoms with E-state index < -0.39 is 5.56 Å². The van der Waals surface area contributed by atoms with Gasteiger partial charge in [0.05, 0.1) is 0 Å². The SMILES string of the molecule is C=CCn1c(O)c(C=C2C=CC(=c3ccc(=C4N=NN=N4)cc3)C2)c(=O)[nH]c1=S. The molecule has 8 nitrogen and oxygen atoms in total. The average molecular weight is 404 g/mol. The van der Waals surface area contributed by atoms with E-state index in [1.54, 1.807) is 12.2 Å². The molecule has 0 unspecified atom stereocenters. The molecule has 2 aliphatic rings. The Morgan fingerprint density at radius 3 is 2.55 bits per heavy atom. The number of nitrogens with zero attached hydrogens (tertiary/aromatic N) is 5. The standard InChI is InChI=1S/C20H16N6O2S/c1-2-9-26-19(28)16(18(27)21-20(26)29)11-12-3-4-15(10-12)13-5-7-14(8-6-13)17-22-24-25-23-17/h2-8,11,28H,1,9-10H2,(H,21,27,29). The fourth-order valence-corrected chi connectivity index (χ4v) is 3.38. The molecule has 0 saturated carbocycles. The van der Waals surface area contributed by atoms with Crippen LogP contribution in [0.3, 0.4) is 0 Å². The Morgan fingerprint density at radius 2 is 1.86 bits per heavy atom. The van der Waals surface area contributed by atoms with Gasteiger partial charge in [0.15, 0.2) is 4.77 Å². The fraction of sp³-hybridized carbons (Fsp3) is 0.100. The first-order valence-corrected chi connectivity index (χ1v) is 9.18. The van der Waals surface area contributed by atoms with E-state index in [9.17, 15) is 9.90 Å². The van der Waals surface area contributed by atoms with Crippen LogP contribution in [0.25, 0.3) is 17.5 Å². The normalized spacial score (nSPS) is 16.3. The number of rotatable bonds is 3. The lowest BCUT2D eigenvalue weighted by Crippen LogP contribution is -2.16. The van der Waals surface area contributed by atoms with Gasteiger partial charge in [-0.15, -0.1) is 16.8 Å². The highest BCUT2D eigenvalue weighted by atomic mass is 32.1. The highest BCUT2D eigenvalue weighted by Crippen LogP contribution is 2.26. The van der Waals surface area contributed by atoms with E-state index in [4.69, 9.17) is 12.2 Å². The van der Waals surface area contributed by atoms with Crippen LogP contribution in [0.15, 0.2) is 80.1 Å². The molecule has 0 fully saturated rings. The Labute approximate surface area is 170 Å². The third-order valence-electron chi connectivity index (χ3n) is 4.57. The summed E-state index contributed by atoms with van der Waals surface area (Å²) >= 11 is 5.10. The first kappa shape index (κ1) is 18.6. The Balaban J connectivity index is 1.69. The summed E-state index contributed by atoms with van der Waals surface area (Å²) in [6.07, 6.45) is 7.83. The van der Waals surface area contributed by atoms with Gasteiger partial charge in [-0.2, -0.15) is 0 Å². The van der Waals surface area contributed by atoms with E-state index in [0.717, 1.165) is 21.6 Å². The van der Waals surface area contributed by atoms with Crippen LogP contribution in [0.5, 0.6) is 5.88 Å². The molecule has 1 aliphatic heterocycles. The van der Waals surface area contributed by atoms with Crippen molar-refractivity contribution in [3.63, 3.8) is 0 Å². The quantitative estimate of drug-likeness (QED) is 0.607. The van der Waals surface area contributed by atoms with Gasteiger partial charge in [-0.1, -0.05) is 42.5 Å². The van der Waals surface area contributed by atoms with E-state index in [-0.39, 0.29) is 16.2 Å². The lowest BCUT2D eigenvalue weighted by molar-refractivity contribution is 0.412. The molecule has 2 heterocycles. The van der Waals surface area contributed by atoms with E-state index in [1.165, 1.54) is 4.57 Å². The van der Waals surface area contributed by atoms with Crippen molar-refractivity contribution in [1.82, 2.24) is 9.55 Å². The number of hydrogen-bond donors (Lipinski definition) is 2. The lowest BCUT2D eigenvalue weighted by Gasteiger charge is -2.09. The van der Waals surface area contributed by atoms with E-state index in [2.05, 4.69) is 32.2 Å². The van der Waals surface area contributed by atoms with Crippen molar-refractivity contribution in [2.75, 3.05) is 0 Å². The summed E-state index contributed by atoms with van der Waals surface area (Å²) in [4.78, 5) is 14.9. The van der Waals surface area contributed by atoms with Gasteiger partial charge in [0, 0.05) is 11.8 Å². The highest BCUT2D eigenvalue weighted by Gasteiger charge is 2.13. The minimum absolute atomic E-state index is 0.156. The van der Waals surface area contributed by atoms with Gasteiger partial charge >= 0.3 is 0 Å². The summed E-state index contributed by atoms with van der Waals surface area (Å²) in [5, 5.41) is 27.0. The Bertz CT molecular complexity index is 1340. The van der Waals surface area contributed by atoms with Crippen LogP contribution in [0.2, 0.25) is 0 Å². The van der Waals surface area contributed by atoms with Gasteiger partial charge in [-0.05, 0) is 51.5 Å². The zero-order valence-electron chi connectivity index (χ0n) is 15.2. The Kier molecular flexibility index (Phi) is 4.96. The second-order valence-electron chi connectivity index (χ2n) is 6.43. The van der Waals surface area contributed by atoms with Crippen molar-refractivity contribution in [1.29, 1.82) is 0 Å². The monoisotopic (exact) mass is 404 g/mol. The molecule has 0 spiro atoms. The van der Waals surface area contributed by atoms with Crippen LogP contribution in [0.4, 0.5) is 0 Å². The molecular weight excluding hydrogens is 388 g/mol. The topological polar surface area (TPSA) is 107 Å². The van der Waals surface area contributed by atoms with Gasteiger partial charge in [0.1, 0.15) is 5.56 Å². The van der Waals surface area contributed by atoms with Crippen molar-refractivity contribution < 1.29 is 5.11 Å². The smallest absolute Gasteiger partial charge is 0.262 e. The summed E-state index contributed by atoms with van der Waals surface area (Å²) in [6, 6.07) is 7.77. The summed E-state index contributed by atoms with van der Waals surface area (Å²) in [5.74, 6) is 0.311. The van der Waals surface area contributed by atoms with Gasteiger partial charge in [-0.3, -0.25) is 14.3 Å². The minimum atomic E-state index is -0.427. The molecule has 0 bridgehead atoms. The molecule has 29 heavy (non-hydrogen) atoms. The van der Waals surface area contributed by atoms with Crippen molar-refractivity contribution >= 4 is 29.7 Å². The third kappa shape index (κ3) is 3.67. The van der Waals surface area contributed by atoms with Crippen molar-refractivity contribution in [2.45, 2.75) is 13.0 Å². The molecule has 144 valence electrons. The third-order valence-corrected chi connectivity index (χ3v) is 4.90. The van der Waals surface area contributed by atoms with Gasteiger partial charge in [-0.25, -0.2) is 0 Å². The molecule has 2 aromatic rings. The number of aromatic hydroxyl groups is 1. The summed E-state index contributed by atoms with van der Waals surface area (Å²) in [6.45, 7) is 3.95. The predicted molar refractivity (Wildman–Crippen MR) is 112 cm³/mol. The molecule has 0 atom stereocenters. The van der Waals surface area contributed by atoms with Crippen molar-refractivity contribution in [2.24, 2.45) is 20.7 Å². The number of allylic oxidation sites excluding steroid dienone is 4. The first-order chi connectivity index (χ1) is 14.1. The predicted octanol–water partition coefficient (Wildman–Crippen LogP) is 2.89. The lowest BCUT2D eigenvalue weighted by atomic mass is 10.1. The van der Waals surface area contributed by atoms with Crippen LogP contribution < -0.4 is 16.0 Å². The Morgan fingerprint density at radius 1 is 1.17 bits per heavy atom. The molecule has 9 heteroatoms. The maximum Gasteiger partial charge on any atom is 0.262 e. The largest absolute Gasteiger partial charge is 0.494 e. The van der Waals surface area contributed by atoms with Gasteiger partial charge < -0.3 is 5.11 Å². The van der Waals surface area contributed by atoms with Crippen LogP contribution in [-0.2, 0) is 6.54 Å². The second-order valence-corrected chi connectivity index (χ2v) is 6.82. The van der Waals surface area contributed by atoms with Gasteiger partial charge in [0.25, 0.3) is 5.56 Å². The molecule has 1 aromatic heterocycles. The molecule has 1 aliphatic carbocycles. The number of aromatic nitrogens is 2. The van der Waals surface area contributed by atoms with E-state index >= 15 is 0 Å². The maximum absolute atomic E-state index is 12.3. The average Bonchev–Trinajstić information content (AvgIpc) is 3.41. The Hall–Kier alpha value is -3.72. The summed E-state index contributed by atoms with van der Waals surface area (Å²) in [7, 11) is 0. The molecule has 0 saturated heterocycles. The summed E-state index contributed by atoms with van der Waals surface area (Å²) < 4.78 is 1.58. The number of nitrogens with one attached hydrogen (secondary N) is 1. The fourth-order valence-electron chi connectivity index (χ4n) is 3.13. The van der Waals surface area contributed by atoms with Crippen molar-refractivity contribution in [3.8, 4) is 5.88 Å². The highest BCUT2D eigenvalue weighted by molar-refractivity contribution is 7.71. The number of aromatic amines is 1. The van der Waals surface area contributed by atoms with E-state index in [0.29, 0.717) is 18.8 Å². The minimum Gasteiger partial charge on any atom is -0.494 e. The molecule has 2 N–H and O–H groups in total. The van der Waals surface area contributed by atoms with Crippen LogP contribution in [0, 0.1) is 4.77 Å². The molecular formula is C20H16N6O2S. The maximum atomic E-state index is 12.3. The number of benzene rings is 1.